The fourth-order valence-electron chi connectivity index (χ4n) is 0.888. The molecule has 0 spiro atoms. The summed E-state index contributed by atoms with van der Waals surface area (Å²) in [6.45, 7) is 0. The molecule has 0 fully saturated rings. The first-order valence-electron chi connectivity index (χ1n) is 3.61. The summed E-state index contributed by atoms with van der Waals surface area (Å²) in [5.41, 5.74) is 0.471. The second-order valence-electron chi connectivity index (χ2n) is 2.61. The van der Waals surface area contributed by atoms with Gasteiger partial charge in [0, 0.05) is 19.0 Å². The Morgan fingerprint density at radius 3 is 2.75 bits per heavy atom. The van der Waals surface area contributed by atoms with Crippen molar-refractivity contribution >= 4 is 12.6 Å². The van der Waals surface area contributed by atoms with Crippen molar-refractivity contribution < 1.29 is 10.2 Å². The van der Waals surface area contributed by atoms with Crippen LogP contribution in [0.15, 0.2) is 12.3 Å². The normalized spacial score (nSPS) is 16.0. The average molecular weight is 188 g/mol. The van der Waals surface area contributed by atoms with Crippen molar-refractivity contribution in [3.8, 4) is 0 Å². The highest BCUT2D eigenvalue weighted by molar-refractivity contribution is 7.80. The first kappa shape index (κ1) is 9.57. The fourth-order valence-corrected chi connectivity index (χ4v) is 1.09. The van der Waals surface area contributed by atoms with Crippen LogP contribution in [0.3, 0.4) is 0 Å². The van der Waals surface area contributed by atoms with Gasteiger partial charge in [0.1, 0.15) is 6.10 Å². The van der Waals surface area contributed by atoms with Gasteiger partial charge in [0.05, 0.1) is 11.8 Å². The lowest BCUT2D eigenvalue weighted by Gasteiger charge is -2.12. The minimum atomic E-state index is -0.941. The quantitative estimate of drug-likeness (QED) is 0.573. The minimum Gasteiger partial charge on any atom is -0.389 e. The molecule has 1 aromatic heterocycles. The Labute approximate surface area is 76.2 Å². The van der Waals surface area contributed by atoms with Gasteiger partial charge in [-0.05, 0) is 6.07 Å². The maximum Gasteiger partial charge on any atom is 0.124 e. The van der Waals surface area contributed by atoms with E-state index < -0.39 is 12.2 Å². The van der Waals surface area contributed by atoms with Crippen LogP contribution in [0.1, 0.15) is 11.8 Å². The lowest BCUT2D eigenvalue weighted by atomic mass is 10.2. The van der Waals surface area contributed by atoms with Gasteiger partial charge < -0.3 is 10.2 Å². The van der Waals surface area contributed by atoms with Crippen LogP contribution in [0.4, 0.5) is 0 Å². The molecule has 0 amide bonds. The number of aliphatic hydroxyl groups excluding tert-OH is 2. The molecular formula is C7H12N2O2S. The van der Waals surface area contributed by atoms with Crippen LogP contribution in [-0.4, -0.2) is 31.9 Å². The number of nitrogens with zero attached hydrogens (tertiary/aromatic N) is 2. The topological polar surface area (TPSA) is 58.3 Å². The third kappa shape index (κ3) is 2.00. The standard InChI is InChI=1S/C7H12N2O2S/c1-9-3-2-5(8-9)7(11)6(10)4-12/h2-3,6-7,10-12H,4H2,1H3. The summed E-state index contributed by atoms with van der Waals surface area (Å²) in [5.74, 6) is 0.220. The SMILES string of the molecule is Cn1ccc(C(O)C(O)CS)n1. The van der Waals surface area contributed by atoms with E-state index in [0.29, 0.717) is 5.69 Å². The lowest BCUT2D eigenvalue weighted by Crippen LogP contribution is -2.20. The zero-order chi connectivity index (χ0) is 9.14. The van der Waals surface area contributed by atoms with Gasteiger partial charge in [0.15, 0.2) is 0 Å². The molecule has 12 heavy (non-hydrogen) atoms. The van der Waals surface area contributed by atoms with Crippen LogP contribution in [0.5, 0.6) is 0 Å². The van der Waals surface area contributed by atoms with Crippen LogP contribution in [0, 0.1) is 0 Å². The van der Waals surface area contributed by atoms with Crippen molar-refractivity contribution in [3.63, 3.8) is 0 Å². The number of hydrogen-bond donors (Lipinski definition) is 3. The summed E-state index contributed by atoms with van der Waals surface area (Å²) in [7, 11) is 1.75. The highest BCUT2D eigenvalue weighted by Gasteiger charge is 2.18. The second kappa shape index (κ2) is 3.93. The Hall–Kier alpha value is -0.520. The lowest BCUT2D eigenvalue weighted by molar-refractivity contribution is 0.0307. The minimum absolute atomic E-state index is 0.220. The monoisotopic (exact) mass is 188 g/mol. The van der Waals surface area contributed by atoms with Crippen LogP contribution in [0.2, 0.25) is 0 Å². The Balaban J connectivity index is 2.70. The molecule has 5 heteroatoms. The summed E-state index contributed by atoms with van der Waals surface area (Å²) < 4.78 is 1.57. The Morgan fingerprint density at radius 2 is 2.33 bits per heavy atom. The molecule has 4 nitrogen and oxygen atoms in total. The van der Waals surface area contributed by atoms with E-state index in [1.807, 2.05) is 0 Å². The van der Waals surface area contributed by atoms with Crippen molar-refractivity contribution in [3.05, 3.63) is 18.0 Å². The molecule has 1 heterocycles. The Kier molecular flexibility index (Phi) is 3.13. The van der Waals surface area contributed by atoms with E-state index in [9.17, 15) is 10.2 Å². The third-order valence-electron chi connectivity index (χ3n) is 1.59. The molecule has 0 aliphatic rings. The first-order valence-corrected chi connectivity index (χ1v) is 4.25. The van der Waals surface area contributed by atoms with Gasteiger partial charge >= 0.3 is 0 Å². The fraction of sp³-hybridized carbons (Fsp3) is 0.571. The van der Waals surface area contributed by atoms with E-state index in [1.54, 1.807) is 24.0 Å². The molecule has 68 valence electrons. The van der Waals surface area contributed by atoms with E-state index in [2.05, 4.69) is 17.7 Å². The number of rotatable bonds is 3. The van der Waals surface area contributed by atoms with Crippen LogP contribution in [0.25, 0.3) is 0 Å². The molecule has 1 rings (SSSR count). The number of hydrogen-bond acceptors (Lipinski definition) is 4. The smallest absolute Gasteiger partial charge is 0.124 e. The predicted molar refractivity (Wildman–Crippen MR) is 48.0 cm³/mol. The third-order valence-corrected chi connectivity index (χ3v) is 1.96. The number of aryl methyl sites for hydroxylation is 1. The van der Waals surface area contributed by atoms with Crippen molar-refractivity contribution in [2.24, 2.45) is 7.05 Å². The first-order chi connectivity index (χ1) is 5.65. The summed E-state index contributed by atoms with van der Waals surface area (Å²) >= 11 is 3.87. The van der Waals surface area contributed by atoms with E-state index in [1.165, 1.54) is 0 Å². The van der Waals surface area contributed by atoms with Gasteiger partial charge in [-0.25, -0.2) is 0 Å². The Morgan fingerprint density at radius 1 is 1.67 bits per heavy atom. The summed E-state index contributed by atoms with van der Waals surface area (Å²) in [5, 5.41) is 22.6. The summed E-state index contributed by atoms with van der Waals surface area (Å²) in [4.78, 5) is 0. The van der Waals surface area contributed by atoms with Gasteiger partial charge in [0.2, 0.25) is 0 Å². The van der Waals surface area contributed by atoms with Crippen molar-refractivity contribution in [2.75, 3.05) is 5.75 Å². The number of aromatic nitrogens is 2. The van der Waals surface area contributed by atoms with E-state index in [4.69, 9.17) is 0 Å². The summed E-state index contributed by atoms with van der Waals surface area (Å²) in [6, 6.07) is 1.66. The number of thiol groups is 1. The van der Waals surface area contributed by atoms with Crippen LogP contribution in [-0.2, 0) is 7.05 Å². The molecule has 0 radical (unpaired) electrons. The molecule has 2 atom stereocenters. The Bertz CT molecular complexity index is 251. The van der Waals surface area contributed by atoms with Crippen molar-refractivity contribution in [1.82, 2.24) is 9.78 Å². The van der Waals surface area contributed by atoms with Crippen molar-refractivity contribution in [1.29, 1.82) is 0 Å². The molecule has 0 saturated carbocycles. The van der Waals surface area contributed by atoms with Gasteiger partial charge in [0.25, 0.3) is 0 Å². The molecule has 0 bridgehead atoms. The van der Waals surface area contributed by atoms with Gasteiger partial charge in [-0.15, -0.1) is 0 Å². The highest BCUT2D eigenvalue weighted by Crippen LogP contribution is 2.14. The predicted octanol–water partition coefficient (Wildman–Crippen LogP) is -0.256. The van der Waals surface area contributed by atoms with Crippen LogP contribution < -0.4 is 0 Å². The van der Waals surface area contributed by atoms with E-state index in [0.717, 1.165) is 0 Å². The zero-order valence-electron chi connectivity index (χ0n) is 6.75. The van der Waals surface area contributed by atoms with Crippen LogP contribution >= 0.6 is 12.6 Å². The molecule has 2 N–H and O–H groups in total. The van der Waals surface area contributed by atoms with E-state index in [-0.39, 0.29) is 5.75 Å². The molecule has 2 unspecified atom stereocenters. The molecule has 0 aliphatic carbocycles. The summed E-state index contributed by atoms with van der Waals surface area (Å²) in [6.07, 6.45) is -0.0870. The van der Waals surface area contributed by atoms with Crippen molar-refractivity contribution in [2.45, 2.75) is 12.2 Å². The molecular weight excluding hydrogens is 176 g/mol. The molecule has 0 aliphatic heterocycles. The molecule has 0 saturated heterocycles. The van der Waals surface area contributed by atoms with Gasteiger partial charge in [-0.1, -0.05) is 0 Å². The highest BCUT2D eigenvalue weighted by atomic mass is 32.1. The maximum atomic E-state index is 9.43. The average Bonchev–Trinajstić information content (AvgIpc) is 2.49. The molecule has 0 aromatic carbocycles. The van der Waals surface area contributed by atoms with Gasteiger partial charge in [-0.3, -0.25) is 4.68 Å². The maximum absolute atomic E-state index is 9.43. The largest absolute Gasteiger partial charge is 0.389 e. The van der Waals surface area contributed by atoms with Gasteiger partial charge in [-0.2, -0.15) is 17.7 Å². The number of aliphatic hydroxyl groups is 2. The zero-order valence-corrected chi connectivity index (χ0v) is 7.65. The molecule has 1 aromatic rings. The second-order valence-corrected chi connectivity index (χ2v) is 2.97. The van der Waals surface area contributed by atoms with E-state index >= 15 is 0 Å².